The van der Waals surface area contributed by atoms with Gasteiger partial charge >= 0.3 is 0 Å². The molecule has 0 fully saturated rings. The number of hydrogen-bond donors (Lipinski definition) is 2. The van der Waals surface area contributed by atoms with E-state index in [4.69, 9.17) is 10.5 Å². The Labute approximate surface area is 131 Å². The molecule has 0 bridgehead atoms. The van der Waals surface area contributed by atoms with Gasteiger partial charge in [0.2, 0.25) is 0 Å². The van der Waals surface area contributed by atoms with Gasteiger partial charge in [0.25, 0.3) is 5.91 Å². The average Bonchev–Trinajstić information content (AvgIpc) is 2.84. The summed E-state index contributed by atoms with van der Waals surface area (Å²) in [5.41, 5.74) is 8.05. The summed E-state index contributed by atoms with van der Waals surface area (Å²) in [7, 11) is 1.56. The number of methoxy groups -OCH3 is 1. The van der Waals surface area contributed by atoms with Crippen LogP contribution in [0.15, 0.2) is 36.4 Å². The lowest BCUT2D eigenvalue weighted by Crippen LogP contribution is -2.12. The molecule has 3 N–H and O–H groups in total. The molecule has 3 aromatic rings. The summed E-state index contributed by atoms with van der Waals surface area (Å²) in [6.07, 6.45) is 0. The summed E-state index contributed by atoms with van der Waals surface area (Å²) in [5, 5.41) is 3.64. The summed E-state index contributed by atoms with van der Waals surface area (Å²) in [6.45, 7) is 1.91. The molecule has 112 valence electrons. The molecule has 0 atom stereocenters. The van der Waals surface area contributed by atoms with E-state index in [2.05, 4.69) is 10.3 Å². The number of para-hydroxylation sites is 2. The van der Waals surface area contributed by atoms with E-state index in [1.54, 1.807) is 19.2 Å². The molecule has 0 aliphatic heterocycles. The number of benzene rings is 1. The number of amides is 1. The predicted octanol–water partition coefficient (Wildman–Crippen LogP) is 3.45. The van der Waals surface area contributed by atoms with Crippen LogP contribution in [0, 0.1) is 6.92 Å². The fraction of sp³-hybridized carbons (Fsp3) is 0.125. The lowest BCUT2D eigenvalue weighted by Gasteiger charge is -2.09. The predicted molar refractivity (Wildman–Crippen MR) is 89.7 cm³/mol. The lowest BCUT2D eigenvalue weighted by atomic mass is 10.2. The molecule has 0 radical (unpaired) electrons. The molecule has 22 heavy (non-hydrogen) atoms. The zero-order chi connectivity index (χ0) is 15.7. The van der Waals surface area contributed by atoms with Crippen molar-refractivity contribution in [3.63, 3.8) is 0 Å². The summed E-state index contributed by atoms with van der Waals surface area (Å²) in [5.74, 6) is 0.340. The van der Waals surface area contributed by atoms with Crippen molar-refractivity contribution in [1.82, 2.24) is 4.98 Å². The second kappa shape index (κ2) is 5.65. The Hall–Kier alpha value is -2.60. The van der Waals surface area contributed by atoms with Crippen molar-refractivity contribution >= 4 is 38.8 Å². The van der Waals surface area contributed by atoms with Gasteiger partial charge in [-0.25, -0.2) is 4.98 Å². The highest BCUT2D eigenvalue weighted by molar-refractivity contribution is 7.21. The van der Waals surface area contributed by atoms with Crippen molar-refractivity contribution in [2.24, 2.45) is 0 Å². The number of fused-ring (bicyclic) bond motifs is 1. The Morgan fingerprint density at radius 1 is 1.27 bits per heavy atom. The van der Waals surface area contributed by atoms with E-state index in [0.29, 0.717) is 22.0 Å². The third kappa shape index (κ3) is 2.48. The number of anilines is 2. The van der Waals surface area contributed by atoms with E-state index in [9.17, 15) is 4.79 Å². The third-order valence-corrected chi connectivity index (χ3v) is 4.41. The number of aromatic nitrogens is 1. The van der Waals surface area contributed by atoms with Gasteiger partial charge in [0.05, 0.1) is 18.5 Å². The first kappa shape index (κ1) is 14.3. The Morgan fingerprint density at radius 3 is 2.82 bits per heavy atom. The van der Waals surface area contributed by atoms with Crippen LogP contribution in [0.4, 0.5) is 11.4 Å². The van der Waals surface area contributed by atoms with Crippen molar-refractivity contribution < 1.29 is 9.53 Å². The summed E-state index contributed by atoms with van der Waals surface area (Å²) >= 11 is 1.29. The van der Waals surface area contributed by atoms with Gasteiger partial charge in [0.1, 0.15) is 15.5 Å². The molecule has 6 heteroatoms. The van der Waals surface area contributed by atoms with Crippen LogP contribution in [0.25, 0.3) is 10.2 Å². The largest absolute Gasteiger partial charge is 0.495 e. The number of nitrogens with two attached hydrogens (primary N) is 1. The van der Waals surface area contributed by atoms with Gasteiger partial charge in [-0.15, -0.1) is 11.3 Å². The van der Waals surface area contributed by atoms with Gasteiger partial charge in [-0.3, -0.25) is 4.79 Å². The molecule has 5 nitrogen and oxygen atoms in total. The molecule has 0 aliphatic carbocycles. The summed E-state index contributed by atoms with van der Waals surface area (Å²) < 4.78 is 5.23. The minimum atomic E-state index is -0.261. The topological polar surface area (TPSA) is 77.2 Å². The first-order valence-corrected chi connectivity index (χ1v) is 7.52. The van der Waals surface area contributed by atoms with Crippen LogP contribution in [-0.4, -0.2) is 18.0 Å². The number of thiophene rings is 1. The van der Waals surface area contributed by atoms with Crippen molar-refractivity contribution in [1.29, 1.82) is 0 Å². The van der Waals surface area contributed by atoms with Crippen molar-refractivity contribution in [2.45, 2.75) is 6.92 Å². The summed E-state index contributed by atoms with van der Waals surface area (Å²) in [6, 6.07) is 11.0. The van der Waals surface area contributed by atoms with Crippen LogP contribution >= 0.6 is 11.3 Å². The molecule has 0 spiro atoms. The Bertz CT molecular complexity index is 858. The molecule has 1 aromatic carbocycles. The molecule has 0 saturated heterocycles. The normalized spacial score (nSPS) is 10.6. The van der Waals surface area contributed by atoms with Gasteiger partial charge in [0, 0.05) is 11.1 Å². The smallest absolute Gasteiger partial charge is 0.268 e. The third-order valence-electron chi connectivity index (χ3n) is 3.29. The first-order valence-electron chi connectivity index (χ1n) is 6.70. The highest BCUT2D eigenvalue weighted by Crippen LogP contribution is 2.33. The molecule has 1 amide bonds. The number of carbonyl (C=O) groups excluding carboxylic acids is 1. The maximum atomic E-state index is 12.5. The number of ether oxygens (including phenoxy) is 1. The Morgan fingerprint density at radius 2 is 2.05 bits per heavy atom. The maximum Gasteiger partial charge on any atom is 0.268 e. The number of aryl methyl sites for hydroxylation is 1. The van der Waals surface area contributed by atoms with Crippen LogP contribution in [0.1, 0.15) is 15.4 Å². The summed E-state index contributed by atoms with van der Waals surface area (Å²) in [4.78, 5) is 18.1. The van der Waals surface area contributed by atoms with E-state index < -0.39 is 0 Å². The van der Waals surface area contributed by atoms with Crippen molar-refractivity contribution in [3.05, 3.63) is 47.0 Å². The lowest BCUT2D eigenvalue weighted by molar-refractivity contribution is 0.103. The van der Waals surface area contributed by atoms with Gasteiger partial charge in [-0.05, 0) is 31.2 Å². The molecule has 2 aromatic heterocycles. The van der Waals surface area contributed by atoms with Crippen LogP contribution < -0.4 is 15.8 Å². The Balaban J connectivity index is 1.97. The second-order valence-electron chi connectivity index (χ2n) is 4.80. The van der Waals surface area contributed by atoms with Crippen LogP contribution in [0.2, 0.25) is 0 Å². The van der Waals surface area contributed by atoms with E-state index in [-0.39, 0.29) is 5.91 Å². The fourth-order valence-electron chi connectivity index (χ4n) is 2.19. The van der Waals surface area contributed by atoms with E-state index >= 15 is 0 Å². The fourth-order valence-corrected chi connectivity index (χ4v) is 3.22. The molecular weight excluding hydrogens is 298 g/mol. The van der Waals surface area contributed by atoms with E-state index in [1.807, 2.05) is 31.2 Å². The van der Waals surface area contributed by atoms with E-state index in [1.165, 1.54) is 11.3 Å². The zero-order valence-electron chi connectivity index (χ0n) is 12.2. The number of hydrogen-bond acceptors (Lipinski definition) is 5. The van der Waals surface area contributed by atoms with Gasteiger partial charge in [0.15, 0.2) is 0 Å². The highest BCUT2D eigenvalue weighted by Gasteiger charge is 2.18. The second-order valence-corrected chi connectivity index (χ2v) is 5.80. The number of pyridine rings is 1. The quantitative estimate of drug-likeness (QED) is 0.776. The number of carbonyl (C=O) groups is 1. The standard InChI is InChI=1S/C16H15N3O2S/c1-9-7-8-10-13(17)14(22-16(10)18-9)15(20)19-11-5-3-4-6-12(11)21-2/h3-8H,17H2,1-2H3,(H,19,20). The van der Waals surface area contributed by atoms with Crippen LogP contribution in [0.5, 0.6) is 5.75 Å². The molecule has 3 rings (SSSR count). The number of nitrogen functional groups attached to an aromatic ring is 1. The van der Waals surface area contributed by atoms with Gasteiger partial charge < -0.3 is 15.8 Å². The minimum Gasteiger partial charge on any atom is -0.495 e. The van der Waals surface area contributed by atoms with Crippen LogP contribution in [0.3, 0.4) is 0 Å². The number of rotatable bonds is 3. The molecule has 0 unspecified atom stereocenters. The Kier molecular flexibility index (Phi) is 3.68. The SMILES string of the molecule is COc1ccccc1NC(=O)c1sc2nc(C)ccc2c1N. The van der Waals surface area contributed by atoms with Crippen molar-refractivity contribution in [3.8, 4) is 5.75 Å². The van der Waals surface area contributed by atoms with E-state index in [0.717, 1.165) is 15.9 Å². The highest BCUT2D eigenvalue weighted by atomic mass is 32.1. The number of nitrogens with zero attached hydrogens (tertiary/aromatic N) is 1. The molecule has 0 aliphatic rings. The molecular formula is C16H15N3O2S. The average molecular weight is 313 g/mol. The molecule has 0 saturated carbocycles. The minimum absolute atomic E-state index is 0.261. The van der Waals surface area contributed by atoms with Gasteiger partial charge in [-0.1, -0.05) is 12.1 Å². The van der Waals surface area contributed by atoms with Gasteiger partial charge in [-0.2, -0.15) is 0 Å². The van der Waals surface area contributed by atoms with Crippen LogP contribution in [-0.2, 0) is 0 Å². The molecule has 2 heterocycles. The van der Waals surface area contributed by atoms with Crippen molar-refractivity contribution in [2.75, 3.05) is 18.2 Å². The maximum absolute atomic E-state index is 12.5. The first-order chi connectivity index (χ1) is 10.6. The zero-order valence-corrected chi connectivity index (χ0v) is 13.0. The monoisotopic (exact) mass is 313 g/mol. The number of nitrogens with one attached hydrogen (secondary N) is 1.